The quantitative estimate of drug-likeness (QED) is 0.663. The van der Waals surface area contributed by atoms with Gasteiger partial charge in [0, 0.05) is 6.04 Å². The van der Waals surface area contributed by atoms with Gasteiger partial charge in [-0.25, -0.2) is 0 Å². The van der Waals surface area contributed by atoms with E-state index >= 15 is 0 Å². The summed E-state index contributed by atoms with van der Waals surface area (Å²) in [5.41, 5.74) is 6.34. The molecule has 1 aliphatic carbocycles. The molecule has 0 radical (unpaired) electrons. The highest BCUT2D eigenvalue weighted by molar-refractivity contribution is 4.97. The molecule has 3 atom stereocenters. The number of nitrogens with two attached hydrogens (primary N) is 1. The van der Waals surface area contributed by atoms with E-state index in [1.165, 1.54) is 32.1 Å². The van der Waals surface area contributed by atoms with Crippen molar-refractivity contribution >= 4 is 0 Å². The predicted octanol–water partition coefficient (Wildman–Crippen LogP) is 3.74. The van der Waals surface area contributed by atoms with E-state index in [4.69, 9.17) is 5.73 Å². The first-order valence-electron chi connectivity index (χ1n) is 6.61. The molecule has 0 amide bonds. The van der Waals surface area contributed by atoms with Crippen LogP contribution in [-0.4, -0.2) is 6.04 Å². The fourth-order valence-electron chi connectivity index (χ4n) is 2.82. The molecular formula is C14H27N. The van der Waals surface area contributed by atoms with Crippen LogP contribution in [0.15, 0.2) is 12.2 Å². The molecule has 3 unspecified atom stereocenters. The second kappa shape index (κ2) is 6.32. The summed E-state index contributed by atoms with van der Waals surface area (Å²) in [5.74, 6) is 2.19. The van der Waals surface area contributed by atoms with E-state index in [9.17, 15) is 0 Å². The monoisotopic (exact) mass is 209 g/mol. The Hall–Kier alpha value is -0.300. The minimum absolute atomic E-state index is 0.397. The molecule has 0 aromatic heterocycles. The molecule has 88 valence electrons. The SMILES string of the molecule is CCC(CC)C(N)C(C)CC1C=CCC1. The molecule has 0 fully saturated rings. The molecule has 0 saturated heterocycles. The van der Waals surface area contributed by atoms with E-state index in [-0.39, 0.29) is 0 Å². The van der Waals surface area contributed by atoms with Gasteiger partial charge in [0.1, 0.15) is 0 Å². The molecule has 2 N–H and O–H groups in total. The molecule has 1 rings (SSSR count). The van der Waals surface area contributed by atoms with Crippen molar-refractivity contribution in [3.63, 3.8) is 0 Å². The van der Waals surface area contributed by atoms with Crippen LogP contribution in [0.5, 0.6) is 0 Å². The van der Waals surface area contributed by atoms with Crippen LogP contribution in [0.3, 0.4) is 0 Å². The summed E-state index contributed by atoms with van der Waals surface area (Å²) in [6.45, 7) is 6.85. The van der Waals surface area contributed by atoms with Crippen LogP contribution in [0.2, 0.25) is 0 Å². The normalized spacial score (nSPS) is 24.7. The first-order chi connectivity index (χ1) is 7.19. The van der Waals surface area contributed by atoms with Crippen LogP contribution in [0, 0.1) is 17.8 Å². The van der Waals surface area contributed by atoms with E-state index in [0.29, 0.717) is 17.9 Å². The average molecular weight is 209 g/mol. The van der Waals surface area contributed by atoms with Gasteiger partial charge in [-0.2, -0.15) is 0 Å². The standard InChI is InChI=1S/C14H27N/c1-4-13(5-2)14(15)11(3)10-12-8-6-7-9-12/h6,8,11-14H,4-5,7,9-10,15H2,1-3H3. The van der Waals surface area contributed by atoms with Gasteiger partial charge in [-0.1, -0.05) is 45.8 Å². The van der Waals surface area contributed by atoms with Crippen LogP contribution >= 0.6 is 0 Å². The van der Waals surface area contributed by atoms with Gasteiger partial charge in [-0.05, 0) is 37.0 Å². The Kier molecular flexibility index (Phi) is 5.38. The van der Waals surface area contributed by atoms with Gasteiger partial charge < -0.3 is 5.73 Å². The zero-order valence-corrected chi connectivity index (χ0v) is 10.6. The largest absolute Gasteiger partial charge is 0.327 e. The third-order valence-electron chi connectivity index (χ3n) is 4.04. The lowest BCUT2D eigenvalue weighted by Crippen LogP contribution is -2.36. The van der Waals surface area contributed by atoms with Crippen molar-refractivity contribution in [3.05, 3.63) is 12.2 Å². The van der Waals surface area contributed by atoms with E-state index in [1.807, 2.05) is 0 Å². The molecule has 0 spiro atoms. The van der Waals surface area contributed by atoms with Gasteiger partial charge >= 0.3 is 0 Å². The lowest BCUT2D eigenvalue weighted by Gasteiger charge is -2.28. The Labute approximate surface area is 95.1 Å². The van der Waals surface area contributed by atoms with Gasteiger partial charge in [-0.15, -0.1) is 0 Å². The third kappa shape index (κ3) is 3.64. The maximum Gasteiger partial charge on any atom is 0.00930 e. The third-order valence-corrected chi connectivity index (χ3v) is 4.04. The van der Waals surface area contributed by atoms with Crippen molar-refractivity contribution in [2.24, 2.45) is 23.5 Å². The fraction of sp³-hybridized carbons (Fsp3) is 0.857. The highest BCUT2D eigenvalue weighted by atomic mass is 14.7. The smallest absolute Gasteiger partial charge is 0.00930 e. The van der Waals surface area contributed by atoms with Gasteiger partial charge in [0.2, 0.25) is 0 Å². The summed E-state index contributed by atoms with van der Waals surface area (Å²) in [6, 6.07) is 0.397. The Balaban J connectivity index is 2.37. The Bertz CT molecular complexity index is 194. The Morgan fingerprint density at radius 1 is 1.33 bits per heavy atom. The van der Waals surface area contributed by atoms with Crippen LogP contribution in [0.4, 0.5) is 0 Å². The predicted molar refractivity (Wildman–Crippen MR) is 67.7 cm³/mol. The van der Waals surface area contributed by atoms with Crippen molar-refractivity contribution in [3.8, 4) is 0 Å². The highest BCUT2D eigenvalue weighted by Gasteiger charge is 2.23. The zero-order valence-electron chi connectivity index (χ0n) is 10.6. The number of hydrogen-bond acceptors (Lipinski definition) is 1. The highest BCUT2D eigenvalue weighted by Crippen LogP contribution is 2.28. The maximum absolute atomic E-state index is 6.34. The minimum Gasteiger partial charge on any atom is -0.327 e. The molecule has 0 saturated carbocycles. The first kappa shape index (κ1) is 12.8. The van der Waals surface area contributed by atoms with Crippen molar-refractivity contribution < 1.29 is 0 Å². The molecule has 1 nitrogen and oxygen atoms in total. The summed E-state index contributed by atoms with van der Waals surface area (Å²) in [6.07, 6.45) is 11.1. The summed E-state index contributed by atoms with van der Waals surface area (Å²) in [7, 11) is 0. The summed E-state index contributed by atoms with van der Waals surface area (Å²) < 4.78 is 0. The van der Waals surface area contributed by atoms with Crippen LogP contribution in [0.1, 0.15) is 52.9 Å². The van der Waals surface area contributed by atoms with Crippen LogP contribution in [-0.2, 0) is 0 Å². The van der Waals surface area contributed by atoms with Crippen molar-refractivity contribution in [1.29, 1.82) is 0 Å². The molecule has 1 aliphatic rings. The van der Waals surface area contributed by atoms with Gasteiger partial charge in [0.05, 0.1) is 0 Å². The molecule has 1 heteroatoms. The summed E-state index contributed by atoms with van der Waals surface area (Å²) in [5, 5.41) is 0. The zero-order chi connectivity index (χ0) is 11.3. The molecule has 0 heterocycles. The molecule has 0 aromatic carbocycles. The Morgan fingerprint density at radius 3 is 2.47 bits per heavy atom. The molecule has 0 bridgehead atoms. The van der Waals surface area contributed by atoms with Crippen LogP contribution in [0.25, 0.3) is 0 Å². The molecule has 0 aromatic rings. The summed E-state index contributed by atoms with van der Waals surface area (Å²) >= 11 is 0. The number of allylic oxidation sites excluding steroid dienone is 2. The van der Waals surface area contributed by atoms with Gasteiger partial charge in [0.15, 0.2) is 0 Å². The van der Waals surface area contributed by atoms with Crippen molar-refractivity contribution in [2.75, 3.05) is 0 Å². The number of rotatable bonds is 6. The Morgan fingerprint density at radius 2 is 2.00 bits per heavy atom. The van der Waals surface area contributed by atoms with E-state index in [0.717, 1.165) is 5.92 Å². The van der Waals surface area contributed by atoms with E-state index in [2.05, 4.69) is 32.9 Å². The van der Waals surface area contributed by atoms with Gasteiger partial charge in [0.25, 0.3) is 0 Å². The summed E-state index contributed by atoms with van der Waals surface area (Å²) in [4.78, 5) is 0. The minimum atomic E-state index is 0.397. The molecule has 15 heavy (non-hydrogen) atoms. The van der Waals surface area contributed by atoms with Gasteiger partial charge in [-0.3, -0.25) is 0 Å². The topological polar surface area (TPSA) is 26.0 Å². The fourth-order valence-corrected chi connectivity index (χ4v) is 2.82. The lowest BCUT2D eigenvalue weighted by atomic mass is 9.82. The van der Waals surface area contributed by atoms with Crippen LogP contribution < -0.4 is 5.73 Å². The average Bonchev–Trinajstić information content (AvgIpc) is 2.72. The lowest BCUT2D eigenvalue weighted by molar-refractivity contribution is 0.277. The van der Waals surface area contributed by atoms with Crippen molar-refractivity contribution in [1.82, 2.24) is 0 Å². The second-order valence-electron chi connectivity index (χ2n) is 5.13. The van der Waals surface area contributed by atoms with Crippen molar-refractivity contribution in [2.45, 2.75) is 58.9 Å². The van der Waals surface area contributed by atoms with E-state index < -0.39 is 0 Å². The van der Waals surface area contributed by atoms with E-state index in [1.54, 1.807) is 0 Å². The molecule has 0 aliphatic heterocycles. The first-order valence-corrected chi connectivity index (χ1v) is 6.61. The second-order valence-corrected chi connectivity index (χ2v) is 5.13. The molecular weight excluding hydrogens is 182 g/mol. The maximum atomic E-state index is 6.34. The number of hydrogen-bond donors (Lipinski definition) is 1.